The van der Waals surface area contributed by atoms with Crippen LogP contribution in [0.25, 0.3) is 10.9 Å². The first-order valence-corrected chi connectivity index (χ1v) is 7.24. The molecular weight excluding hydrogens is 314 g/mol. The van der Waals surface area contributed by atoms with Gasteiger partial charge in [0, 0.05) is 5.39 Å². The van der Waals surface area contributed by atoms with Gasteiger partial charge in [-0.3, -0.25) is 0 Å². The number of esters is 2. The lowest BCUT2D eigenvalue weighted by atomic mass is 10.1. The molecule has 0 amide bonds. The predicted octanol–water partition coefficient (Wildman–Crippen LogP) is 3.00. The second-order valence-electron chi connectivity index (χ2n) is 6.04. The van der Waals surface area contributed by atoms with E-state index in [2.05, 4.69) is 0 Å². The van der Waals surface area contributed by atoms with Crippen molar-refractivity contribution in [1.29, 1.82) is 0 Å². The molecule has 0 unspecified atom stereocenters. The number of carbonyl (C=O) groups is 3. The summed E-state index contributed by atoms with van der Waals surface area (Å²) in [5.41, 5.74) is -0.681. The van der Waals surface area contributed by atoms with E-state index >= 15 is 0 Å². The minimum Gasteiger partial charge on any atom is -0.465 e. The zero-order chi connectivity index (χ0) is 18.1. The molecule has 0 radical (unpaired) electrons. The maximum absolute atomic E-state index is 12.6. The Morgan fingerprint density at radius 2 is 1.54 bits per heavy atom. The van der Waals surface area contributed by atoms with Crippen molar-refractivity contribution in [1.82, 2.24) is 4.57 Å². The molecule has 0 aliphatic heterocycles. The zero-order valence-corrected chi connectivity index (χ0v) is 14.2. The Labute approximate surface area is 139 Å². The van der Waals surface area contributed by atoms with Gasteiger partial charge in [0.25, 0.3) is 0 Å². The van der Waals surface area contributed by atoms with Crippen LogP contribution < -0.4 is 0 Å². The quantitative estimate of drug-likeness (QED) is 0.620. The highest BCUT2D eigenvalue weighted by Crippen LogP contribution is 2.28. The SMILES string of the molecule is COC(=O)c1c(C(=O)OC)n(C(=O)OC(C)(C)C)c2ccccc12. The van der Waals surface area contributed by atoms with Gasteiger partial charge in [-0.2, -0.15) is 0 Å². The van der Waals surface area contributed by atoms with Gasteiger partial charge in [0.15, 0.2) is 5.69 Å². The Hall–Kier alpha value is -2.83. The number of nitrogens with zero attached hydrogens (tertiary/aromatic N) is 1. The lowest BCUT2D eigenvalue weighted by Gasteiger charge is -2.20. The minimum absolute atomic E-state index is 0.0363. The number of aromatic nitrogens is 1. The van der Waals surface area contributed by atoms with Crippen molar-refractivity contribution in [2.24, 2.45) is 0 Å². The Bertz CT molecular complexity index is 812. The third kappa shape index (κ3) is 3.10. The van der Waals surface area contributed by atoms with Gasteiger partial charge in [0.2, 0.25) is 0 Å². The number of hydrogen-bond acceptors (Lipinski definition) is 6. The Morgan fingerprint density at radius 3 is 2.08 bits per heavy atom. The van der Waals surface area contributed by atoms with Gasteiger partial charge in [-0.1, -0.05) is 18.2 Å². The number of fused-ring (bicyclic) bond motifs is 1. The lowest BCUT2D eigenvalue weighted by Crippen LogP contribution is -2.29. The fourth-order valence-corrected chi connectivity index (χ4v) is 2.34. The Kier molecular flexibility index (Phi) is 4.64. The summed E-state index contributed by atoms with van der Waals surface area (Å²) >= 11 is 0. The van der Waals surface area contributed by atoms with Crippen LogP contribution in [0.4, 0.5) is 4.79 Å². The van der Waals surface area contributed by atoms with Crippen LogP contribution in [0.2, 0.25) is 0 Å². The van der Waals surface area contributed by atoms with Crippen molar-refractivity contribution >= 4 is 28.9 Å². The Balaban J connectivity index is 2.84. The second-order valence-corrected chi connectivity index (χ2v) is 6.04. The summed E-state index contributed by atoms with van der Waals surface area (Å²) < 4.78 is 15.9. The van der Waals surface area contributed by atoms with E-state index in [1.54, 1.807) is 45.0 Å². The van der Waals surface area contributed by atoms with E-state index in [0.717, 1.165) is 4.57 Å². The van der Waals surface area contributed by atoms with Crippen molar-refractivity contribution in [2.75, 3.05) is 14.2 Å². The van der Waals surface area contributed by atoms with Gasteiger partial charge in [-0.15, -0.1) is 0 Å². The summed E-state index contributed by atoms with van der Waals surface area (Å²) in [6.07, 6.45) is -0.783. The molecule has 0 aliphatic carbocycles. The molecule has 0 N–H and O–H groups in total. The summed E-state index contributed by atoms with van der Waals surface area (Å²) in [7, 11) is 2.36. The van der Waals surface area contributed by atoms with Crippen molar-refractivity contribution in [3.05, 3.63) is 35.5 Å². The van der Waals surface area contributed by atoms with Crippen LogP contribution in [0.3, 0.4) is 0 Å². The smallest absolute Gasteiger partial charge is 0.419 e. The molecule has 0 saturated heterocycles. The molecule has 1 aromatic carbocycles. The normalized spacial score (nSPS) is 11.2. The molecule has 7 heteroatoms. The van der Waals surface area contributed by atoms with E-state index in [1.165, 1.54) is 14.2 Å². The van der Waals surface area contributed by atoms with Crippen LogP contribution >= 0.6 is 0 Å². The fraction of sp³-hybridized carbons (Fsp3) is 0.353. The summed E-state index contributed by atoms with van der Waals surface area (Å²) in [4.78, 5) is 37.1. The van der Waals surface area contributed by atoms with Gasteiger partial charge in [0.1, 0.15) is 11.2 Å². The molecule has 0 aliphatic rings. The number of methoxy groups -OCH3 is 2. The molecule has 0 spiro atoms. The van der Waals surface area contributed by atoms with E-state index in [0.29, 0.717) is 10.9 Å². The standard InChI is InChI=1S/C17H19NO6/c1-17(2,3)24-16(21)18-11-9-7-6-8-10(11)12(14(19)22-4)13(18)15(20)23-5/h6-9H,1-5H3. The third-order valence-electron chi connectivity index (χ3n) is 3.22. The summed E-state index contributed by atoms with van der Waals surface area (Å²) in [5, 5.41) is 0.399. The van der Waals surface area contributed by atoms with E-state index in [4.69, 9.17) is 14.2 Å². The maximum Gasteiger partial charge on any atom is 0.419 e. The van der Waals surface area contributed by atoms with Gasteiger partial charge in [-0.25, -0.2) is 19.0 Å². The molecule has 1 aromatic heterocycles. The molecule has 1 heterocycles. The van der Waals surface area contributed by atoms with Crippen molar-refractivity contribution in [2.45, 2.75) is 26.4 Å². The number of para-hydroxylation sites is 1. The molecule has 0 saturated carbocycles. The number of hydrogen-bond donors (Lipinski definition) is 0. The zero-order valence-electron chi connectivity index (χ0n) is 14.2. The molecular formula is C17H19NO6. The number of rotatable bonds is 2. The number of benzene rings is 1. The Morgan fingerprint density at radius 1 is 0.958 bits per heavy atom. The first-order valence-electron chi connectivity index (χ1n) is 7.24. The van der Waals surface area contributed by atoms with E-state index < -0.39 is 23.6 Å². The van der Waals surface area contributed by atoms with Crippen LogP contribution in [0.1, 0.15) is 41.6 Å². The average molecular weight is 333 g/mol. The van der Waals surface area contributed by atoms with Gasteiger partial charge in [0.05, 0.1) is 19.7 Å². The first-order chi connectivity index (χ1) is 11.2. The second kappa shape index (κ2) is 6.35. The van der Waals surface area contributed by atoms with Crippen molar-refractivity contribution < 1.29 is 28.6 Å². The molecule has 7 nitrogen and oxygen atoms in total. The molecule has 0 bridgehead atoms. The van der Waals surface area contributed by atoms with Crippen LogP contribution in [0.15, 0.2) is 24.3 Å². The monoisotopic (exact) mass is 333 g/mol. The van der Waals surface area contributed by atoms with E-state index in [9.17, 15) is 14.4 Å². The van der Waals surface area contributed by atoms with Crippen LogP contribution in [-0.2, 0) is 14.2 Å². The van der Waals surface area contributed by atoms with E-state index in [1.807, 2.05) is 0 Å². The highest BCUT2D eigenvalue weighted by Gasteiger charge is 2.32. The number of ether oxygens (including phenoxy) is 3. The number of carbonyl (C=O) groups excluding carboxylic acids is 3. The fourth-order valence-electron chi connectivity index (χ4n) is 2.34. The minimum atomic E-state index is -0.836. The molecule has 128 valence electrons. The maximum atomic E-state index is 12.6. The molecule has 2 aromatic rings. The van der Waals surface area contributed by atoms with E-state index in [-0.39, 0.29) is 11.3 Å². The largest absolute Gasteiger partial charge is 0.465 e. The average Bonchev–Trinajstić information content (AvgIpc) is 2.87. The van der Waals surface area contributed by atoms with Crippen molar-refractivity contribution in [3.63, 3.8) is 0 Å². The summed E-state index contributed by atoms with van der Waals surface area (Å²) in [5.74, 6) is -1.58. The first kappa shape index (κ1) is 17.5. The third-order valence-corrected chi connectivity index (χ3v) is 3.22. The van der Waals surface area contributed by atoms with Crippen LogP contribution in [0, 0.1) is 0 Å². The summed E-state index contributed by atoms with van der Waals surface area (Å²) in [6.45, 7) is 5.11. The van der Waals surface area contributed by atoms with Crippen LogP contribution in [0.5, 0.6) is 0 Å². The molecule has 0 fully saturated rings. The van der Waals surface area contributed by atoms with Crippen molar-refractivity contribution in [3.8, 4) is 0 Å². The molecule has 0 atom stereocenters. The van der Waals surface area contributed by atoms with Crippen LogP contribution in [-0.4, -0.2) is 42.4 Å². The highest BCUT2D eigenvalue weighted by atomic mass is 16.6. The van der Waals surface area contributed by atoms with Gasteiger partial charge in [-0.05, 0) is 26.8 Å². The topological polar surface area (TPSA) is 83.8 Å². The molecule has 2 rings (SSSR count). The molecule has 24 heavy (non-hydrogen) atoms. The highest BCUT2D eigenvalue weighted by molar-refractivity contribution is 6.15. The summed E-state index contributed by atoms with van der Waals surface area (Å²) in [6, 6.07) is 6.60. The van der Waals surface area contributed by atoms with Gasteiger partial charge >= 0.3 is 18.0 Å². The van der Waals surface area contributed by atoms with Gasteiger partial charge < -0.3 is 14.2 Å². The predicted molar refractivity (Wildman–Crippen MR) is 86.2 cm³/mol. The lowest BCUT2D eigenvalue weighted by molar-refractivity contribution is 0.0481.